The summed E-state index contributed by atoms with van der Waals surface area (Å²) in [4.78, 5) is 0. The van der Waals surface area contributed by atoms with E-state index in [1.54, 1.807) is 11.8 Å². The first kappa shape index (κ1) is 18.9. The van der Waals surface area contributed by atoms with Crippen LogP contribution in [0.15, 0.2) is 0 Å². The van der Waals surface area contributed by atoms with Gasteiger partial charge in [0.05, 0.1) is 16.2 Å². The van der Waals surface area contributed by atoms with Crippen LogP contribution in [0.5, 0.6) is 0 Å². The minimum absolute atomic E-state index is 0.0804. The summed E-state index contributed by atoms with van der Waals surface area (Å²) < 4.78 is 0.860. The van der Waals surface area contributed by atoms with E-state index in [9.17, 15) is 0 Å². The molecule has 0 amide bonds. The Morgan fingerprint density at radius 3 is 1.95 bits per heavy atom. The van der Waals surface area contributed by atoms with Crippen LogP contribution in [0.3, 0.4) is 0 Å². The van der Waals surface area contributed by atoms with Gasteiger partial charge < -0.3 is 0 Å². The van der Waals surface area contributed by atoms with E-state index in [1.165, 1.54) is 64.2 Å². The van der Waals surface area contributed by atoms with E-state index in [0.29, 0.717) is 0 Å². The summed E-state index contributed by atoms with van der Waals surface area (Å²) in [5.41, 5.74) is 0. The van der Waals surface area contributed by atoms with Crippen LogP contribution in [0.4, 0.5) is 0 Å². The highest BCUT2D eigenvalue weighted by Gasteiger charge is 2.06. The molecule has 0 heterocycles. The van der Waals surface area contributed by atoms with Crippen molar-refractivity contribution in [2.75, 3.05) is 5.75 Å². The summed E-state index contributed by atoms with van der Waals surface area (Å²) in [6, 6.07) is 2.19. The molecule has 0 aliphatic heterocycles. The maximum absolute atomic E-state index is 8.73. The maximum atomic E-state index is 8.73. The summed E-state index contributed by atoms with van der Waals surface area (Å²) >= 11 is 6.88. The van der Waals surface area contributed by atoms with Gasteiger partial charge >= 0.3 is 0 Å². The van der Waals surface area contributed by atoms with E-state index < -0.39 is 0 Å². The zero-order valence-corrected chi connectivity index (χ0v) is 14.3. The van der Waals surface area contributed by atoms with E-state index in [2.05, 4.69) is 13.0 Å². The number of thioether (sulfide) groups is 1. The van der Waals surface area contributed by atoms with E-state index in [0.717, 1.165) is 9.95 Å². The molecule has 3 heteroatoms. The first-order valence-corrected chi connectivity index (χ1v) is 9.18. The molecule has 0 bridgehead atoms. The number of hydrogen-bond donors (Lipinski definition) is 0. The first-order valence-electron chi connectivity index (χ1n) is 7.78. The Bertz CT molecular complexity index is 258. The minimum Gasteiger partial charge on any atom is -0.198 e. The largest absolute Gasteiger partial charge is 0.198 e. The molecule has 110 valence electrons. The van der Waals surface area contributed by atoms with Gasteiger partial charge in [0, 0.05) is 0 Å². The molecular weight excluding hydrogens is 270 g/mol. The Labute approximate surface area is 129 Å². The molecular formula is C16H29NS2. The van der Waals surface area contributed by atoms with Crippen LogP contribution in [-0.2, 0) is 0 Å². The third kappa shape index (κ3) is 12.7. The van der Waals surface area contributed by atoms with Gasteiger partial charge in [-0.25, -0.2) is 0 Å². The first-order chi connectivity index (χ1) is 9.22. The molecule has 1 unspecified atom stereocenters. The molecule has 0 spiro atoms. The molecule has 0 fully saturated rings. The highest BCUT2D eigenvalue weighted by Crippen LogP contribution is 2.16. The van der Waals surface area contributed by atoms with E-state index in [1.807, 2.05) is 6.92 Å². The molecule has 0 aromatic heterocycles. The number of rotatable bonds is 12. The lowest BCUT2D eigenvalue weighted by Gasteiger charge is -2.05. The second kappa shape index (κ2) is 14.3. The van der Waals surface area contributed by atoms with Crippen molar-refractivity contribution in [1.29, 1.82) is 5.26 Å². The molecule has 1 nitrogen and oxygen atoms in total. The number of thiocarbonyl (C=S) groups is 1. The number of nitrogens with zero attached hydrogens (tertiary/aromatic N) is 1. The maximum Gasteiger partial charge on any atom is 0.0846 e. The molecule has 0 aromatic carbocycles. The predicted octanol–water partition coefficient (Wildman–Crippen LogP) is 6.13. The van der Waals surface area contributed by atoms with E-state index >= 15 is 0 Å². The normalized spacial score (nSPS) is 12.1. The SMILES string of the molecule is CCCCCCCCCCCCSC(=S)C(C)C#N. The summed E-state index contributed by atoms with van der Waals surface area (Å²) in [6.45, 7) is 4.15. The molecule has 0 saturated carbocycles. The summed E-state index contributed by atoms with van der Waals surface area (Å²) in [5.74, 6) is 1.00. The van der Waals surface area contributed by atoms with Crippen molar-refractivity contribution in [1.82, 2.24) is 0 Å². The zero-order chi connectivity index (χ0) is 14.3. The van der Waals surface area contributed by atoms with Crippen molar-refractivity contribution >= 4 is 28.2 Å². The quantitative estimate of drug-likeness (QED) is 0.320. The standard InChI is InChI=1S/C16H29NS2/c1-3-4-5-6-7-8-9-10-11-12-13-19-16(18)15(2)14-17/h15H,3-13H2,1-2H3. The molecule has 0 N–H and O–H groups in total. The fourth-order valence-electron chi connectivity index (χ4n) is 1.94. The smallest absolute Gasteiger partial charge is 0.0846 e. The predicted molar refractivity (Wildman–Crippen MR) is 91.7 cm³/mol. The molecule has 19 heavy (non-hydrogen) atoms. The van der Waals surface area contributed by atoms with Crippen molar-refractivity contribution in [3.05, 3.63) is 0 Å². The van der Waals surface area contributed by atoms with Crippen LogP contribution in [0, 0.1) is 17.2 Å². The average Bonchev–Trinajstić information content (AvgIpc) is 2.43. The molecule has 0 rings (SSSR count). The van der Waals surface area contributed by atoms with Crippen molar-refractivity contribution in [3.8, 4) is 6.07 Å². The minimum atomic E-state index is -0.0804. The Kier molecular flexibility index (Phi) is 14.3. The molecule has 1 atom stereocenters. The monoisotopic (exact) mass is 299 g/mol. The Morgan fingerprint density at radius 2 is 1.47 bits per heavy atom. The lowest BCUT2D eigenvalue weighted by atomic mass is 10.1. The molecule has 0 aromatic rings. The van der Waals surface area contributed by atoms with Crippen molar-refractivity contribution < 1.29 is 0 Å². The lowest BCUT2D eigenvalue weighted by molar-refractivity contribution is 0.563. The second-order valence-electron chi connectivity index (χ2n) is 5.20. The third-order valence-corrected chi connectivity index (χ3v) is 5.13. The Balaban J connectivity index is 3.15. The Morgan fingerprint density at radius 1 is 1.00 bits per heavy atom. The summed E-state index contributed by atoms with van der Waals surface area (Å²) in [6.07, 6.45) is 13.7. The summed E-state index contributed by atoms with van der Waals surface area (Å²) in [5, 5.41) is 8.73. The fraction of sp³-hybridized carbons (Fsp3) is 0.875. The van der Waals surface area contributed by atoms with Crippen molar-refractivity contribution in [2.24, 2.45) is 5.92 Å². The van der Waals surface area contributed by atoms with Gasteiger partial charge in [-0.3, -0.25) is 0 Å². The molecule has 0 saturated heterocycles. The van der Waals surface area contributed by atoms with Crippen LogP contribution in [0.2, 0.25) is 0 Å². The van der Waals surface area contributed by atoms with Gasteiger partial charge in [0.2, 0.25) is 0 Å². The molecule has 0 aliphatic rings. The van der Waals surface area contributed by atoms with Crippen molar-refractivity contribution in [2.45, 2.75) is 78.1 Å². The Hall–Kier alpha value is -0.0700. The highest BCUT2D eigenvalue weighted by atomic mass is 32.2. The van der Waals surface area contributed by atoms with E-state index in [4.69, 9.17) is 17.5 Å². The molecule has 0 radical (unpaired) electrons. The van der Waals surface area contributed by atoms with Crippen LogP contribution >= 0.6 is 24.0 Å². The number of unbranched alkanes of at least 4 members (excludes halogenated alkanes) is 9. The van der Waals surface area contributed by atoms with Gasteiger partial charge in [-0.1, -0.05) is 76.9 Å². The van der Waals surface area contributed by atoms with Gasteiger partial charge in [0.1, 0.15) is 0 Å². The van der Waals surface area contributed by atoms with Gasteiger partial charge in [0.15, 0.2) is 0 Å². The van der Waals surface area contributed by atoms with Gasteiger partial charge in [-0.2, -0.15) is 5.26 Å². The fourth-order valence-corrected chi connectivity index (χ4v) is 3.10. The van der Waals surface area contributed by atoms with Crippen LogP contribution in [0.1, 0.15) is 78.1 Å². The number of hydrogen-bond acceptors (Lipinski definition) is 3. The van der Waals surface area contributed by atoms with Crippen LogP contribution < -0.4 is 0 Å². The topological polar surface area (TPSA) is 23.8 Å². The molecule has 0 aliphatic carbocycles. The highest BCUT2D eigenvalue weighted by molar-refractivity contribution is 8.23. The van der Waals surface area contributed by atoms with Gasteiger partial charge in [0.25, 0.3) is 0 Å². The van der Waals surface area contributed by atoms with Crippen LogP contribution in [-0.4, -0.2) is 9.95 Å². The summed E-state index contributed by atoms with van der Waals surface area (Å²) in [7, 11) is 0. The average molecular weight is 300 g/mol. The van der Waals surface area contributed by atoms with Crippen LogP contribution in [0.25, 0.3) is 0 Å². The van der Waals surface area contributed by atoms with Crippen molar-refractivity contribution in [3.63, 3.8) is 0 Å². The van der Waals surface area contributed by atoms with Gasteiger partial charge in [-0.05, 0) is 19.1 Å². The third-order valence-electron chi connectivity index (χ3n) is 3.29. The second-order valence-corrected chi connectivity index (χ2v) is 7.04. The lowest BCUT2D eigenvalue weighted by Crippen LogP contribution is -2.01. The van der Waals surface area contributed by atoms with Gasteiger partial charge in [-0.15, -0.1) is 11.8 Å². The number of nitriles is 1. The van der Waals surface area contributed by atoms with E-state index in [-0.39, 0.29) is 5.92 Å². The zero-order valence-electron chi connectivity index (χ0n) is 12.6.